The highest BCUT2D eigenvalue weighted by molar-refractivity contribution is 8.01. The summed E-state index contributed by atoms with van der Waals surface area (Å²) in [5.74, 6) is 1.68. The van der Waals surface area contributed by atoms with Crippen molar-refractivity contribution in [3.63, 3.8) is 0 Å². The first-order valence-corrected chi connectivity index (χ1v) is 14.7. The zero-order chi connectivity index (χ0) is 28.8. The number of halogens is 1. The van der Waals surface area contributed by atoms with Gasteiger partial charge in [-0.15, -0.1) is 0 Å². The summed E-state index contributed by atoms with van der Waals surface area (Å²) in [5, 5.41) is 3.52. The molecule has 0 aliphatic heterocycles. The molecule has 2 rings (SSSR count). The number of nitrogens with one attached hydrogen (secondary N) is 1. The van der Waals surface area contributed by atoms with E-state index in [9.17, 15) is 14.0 Å². The van der Waals surface area contributed by atoms with Crippen LogP contribution in [0.25, 0.3) is 0 Å². The molecule has 5 unspecified atom stereocenters. The van der Waals surface area contributed by atoms with Crippen LogP contribution in [0.15, 0.2) is 35.5 Å². The van der Waals surface area contributed by atoms with Gasteiger partial charge in [0.1, 0.15) is 12.1 Å². The number of rotatable bonds is 10. The number of likely N-dealkylation sites (N-methyl/N-ethyl adjacent to an activating group) is 1. The summed E-state index contributed by atoms with van der Waals surface area (Å²) in [4.78, 5) is 23.2. The van der Waals surface area contributed by atoms with E-state index in [-0.39, 0.29) is 17.1 Å². The Morgan fingerprint density at radius 2 is 1.89 bits per heavy atom. The lowest BCUT2D eigenvalue weighted by Gasteiger charge is -2.42. The summed E-state index contributed by atoms with van der Waals surface area (Å²) in [7, 11) is 2.07. The SMILES string of the molecule is C=C/C=C(SN(CC)C(C)(C)C=O)\C(F)=C/C.CC.CCC1CCC2CC(CC(C)(C(N)=O)C2)C1NC. The molecule has 0 aromatic heterocycles. The topological polar surface area (TPSA) is 75.4 Å². The number of aldehydes is 1. The van der Waals surface area contributed by atoms with Gasteiger partial charge in [-0.2, -0.15) is 0 Å². The lowest BCUT2D eigenvalue weighted by molar-refractivity contribution is -0.130. The van der Waals surface area contributed by atoms with Crippen molar-refractivity contribution in [2.75, 3.05) is 13.6 Å². The lowest BCUT2D eigenvalue weighted by atomic mass is 9.64. The minimum atomic E-state index is -0.631. The molecule has 37 heavy (non-hydrogen) atoms. The normalized spacial score (nSPS) is 28.2. The van der Waals surface area contributed by atoms with Gasteiger partial charge in [0.05, 0.1) is 10.4 Å². The van der Waals surface area contributed by atoms with Crippen LogP contribution in [0, 0.1) is 23.2 Å². The molecule has 0 saturated heterocycles. The van der Waals surface area contributed by atoms with E-state index in [1.165, 1.54) is 49.8 Å². The van der Waals surface area contributed by atoms with Crippen LogP contribution in [0.5, 0.6) is 0 Å². The Bertz CT molecular complexity index is 783. The Balaban J connectivity index is 0.000000658. The van der Waals surface area contributed by atoms with Crippen molar-refractivity contribution in [1.29, 1.82) is 0 Å². The van der Waals surface area contributed by atoms with Gasteiger partial charge < -0.3 is 15.8 Å². The van der Waals surface area contributed by atoms with Crippen LogP contribution in [0.1, 0.15) is 93.9 Å². The smallest absolute Gasteiger partial charge is 0.223 e. The number of amides is 1. The largest absolute Gasteiger partial charge is 0.369 e. The summed E-state index contributed by atoms with van der Waals surface area (Å²) >= 11 is 1.23. The molecule has 2 bridgehead atoms. The number of fused-ring (bicyclic) bond motifs is 2. The number of hydrogen-bond donors (Lipinski definition) is 2. The monoisotopic (exact) mass is 539 g/mol. The van der Waals surface area contributed by atoms with Gasteiger partial charge in [-0.05, 0) is 89.3 Å². The Kier molecular flexibility index (Phi) is 16.5. The first-order valence-electron chi connectivity index (χ1n) is 14.0. The molecule has 0 heterocycles. The number of nitrogens with zero attached hydrogens (tertiary/aromatic N) is 1. The van der Waals surface area contributed by atoms with Crippen LogP contribution in [-0.2, 0) is 9.59 Å². The second-order valence-corrected chi connectivity index (χ2v) is 11.8. The fourth-order valence-electron chi connectivity index (χ4n) is 5.70. The summed E-state index contributed by atoms with van der Waals surface area (Å²) in [6, 6.07) is 0.568. The van der Waals surface area contributed by atoms with E-state index < -0.39 is 5.54 Å². The summed E-state index contributed by atoms with van der Waals surface area (Å²) in [6.07, 6.45) is 12.5. The number of carbonyl (C=O) groups is 2. The number of hydrogen-bond acceptors (Lipinski definition) is 5. The van der Waals surface area contributed by atoms with Crippen LogP contribution >= 0.6 is 11.9 Å². The van der Waals surface area contributed by atoms with Crippen molar-refractivity contribution in [2.45, 2.75) is 105 Å². The first-order chi connectivity index (χ1) is 17.4. The maximum atomic E-state index is 13.6. The Labute approximate surface area is 231 Å². The van der Waals surface area contributed by atoms with E-state index >= 15 is 0 Å². The third-order valence-electron chi connectivity index (χ3n) is 7.69. The van der Waals surface area contributed by atoms with Crippen LogP contribution in [0.3, 0.4) is 0 Å². The Morgan fingerprint density at radius 3 is 2.32 bits per heavy atom. The predicted molar refractivity (Wildman–Crippen MR) is 159 cm³/mol. The molecule has 2 saturated carbocycles. The molecule has 0 radical (unpaired) electrons. The first kappa shape index (κ1) is 35.6. The van der Waals surface area contributed by atoms with Gasteiger partial charge >= 0.3 is 0 Å². The Morgan fingerprint density at radius 1 is 1.27 bits per heavy atom. The van der Waals surface area contributed by atoms with E-state index in [0.717, 1.165) is 25.0 Å². The number of primary amides is 1. The molecule has 0 aromatic carbocycles. The van der Waals surface area contributed by atoms with Gasteiger partial charge in [0.15, 0.2) is 0 Å². The van der Waals surface area contributed by atoms with Gasteiger partial charge in [0, 0.05) is 18.0 Å². The van der Waals surface area contributed by atoms with E-state index in [4.69, 9.17) is 5.73 Å². The molecule has 3 N–H and O–H groups in total. The van der Waals surface area contributed by atoms with Crippen LogP contribution in [0.4, 0.5) is 4.39 Å². The highest BCUT2D eigenvalue weighted by Gasteiger charge is 2.46. The Hall–Kier alpha value is -1.44. The van der Waals surface area contributed by atoms with Crippen molar-refractivity contribution in [3.05, 3.63) is 35.5 Å². The molecule has 2 aliphatic carbocycles. The molecule has 2 aliphatic rings. The van der Waals surface area contributed by atoms with Crippen molar-refractivity contribution in [1.82, 2.24) is 9.62 Å². The predicted octanol–water partition coefficient (Wildman–Crippen LogP) is 7.21. The fourth-order valence-corrected chi connectivity index (χ4v) is 6.71. The highest BCUT2D eigenvalue weighted by Crippen LogP contribution is 2.49. The van der Waals surface area contributed by atoms with Crippen LogP contribution in [-0.4, -0.2) is 41.7 Å². The molecule has 0 aromatic rings. The summed E-state index contributed by atoms with van der Waals surface area (Å²) in [6.45, 7) is 19.7. The van der Waals surface area contributed by atoms with E-state index in [0.29, 0.717) is 29.3 Å². The third-order valence-corrected chi connectivity index (χ3v) is 9.16. The third kappa shape index (κ3) is 10.3. The summed E-state index contributed by atoms with van der Waals surface area (Å²) < 4.78 is 15.4. The highest BCUT2D eigenvalue weighted by atomic mass is 32.2. The van der Waals surface area contributed by atoms with E-state index in [1.54, 1.807) is 26.8 Å². The van der Waals surface area contributed by atoms with Crippen LogP contribution in [0.2, 0.25) is 0 Å². The summed E-state index contributed by atoms with van der Waals surface area (Å²) in [5.41, 5.74) is 4.75. The second kappa shape index (κ2) is 17.2. The average molecular weight is 540 g/mol. The van der Waals surface area contributed by atoms with Gasteiger partial charge in [0.2, 0.25) is 5.91 Å². The standard InChI is InChI=1S/C15H28N2O.C13H20FNOS.C2H6/c1-4-11-6-5-10-7-12(13(11)17-3)9-15(2,8-10)14(16)18;1-6-9-12(11(14)7-2)17-15(8-3)13(4,5)10-16;1-2/h10-13,17H,4-9H2,1-3H3,(H2,16,18);6-7,9-10H,1,8H2,2-5H3;1-2H3/b;11-7+,12-9+;. The van der Waals surface area contributed by atoms with Crippen molar-refractivity contribution in [2.24, 2.45) is 28.9 Å². The number of nitrogens with two attached hydrogens (primary N) is 1. The molecule has 5 nitrogen and oxygen atoms in total. The molecule has 5 atom stereocenters. The van der Waals surface area contributed by atoms with E-state index in [2.05, 4.69) is 32.8 Å². The van der Waals surface area contributed by atoms with Crippen molar-refractivity contribution in [3.8, 4) is 0 Å². The zero-order valence-corrected chi connectivity index (χ0v) is 25.7. The van der Waals surface area contributed by atoms with E-state index in [1.807, 2.05) is 25.1 Å². The van der Waals surface area contributed by atoms with Crippen molar-refractivity contribution >= 4 is 24.1 Å². The zero-order valence-electron chi connectivity index (χ0n) is 24.9. The molecular formula is C30H54FN3O2S. The van der Waals surface area contributed by atoms with Crippen molar-refractivity contribution < 1.29 is 14.0 Å². The van der Waals surface area contributed by atoms with Gasteiger partial charge in [-0.3, -0.25) is 4.79 Å². The molecule has 214 valence electrons. The van der Waals surface area contributed by atoms with Gasteiger partial charge in [-0.25, -0.2) is 8.70 Å². The lowest BCUT2D eigenvalue weighted by Crippen LogP contribution is -2.47. The minimum absolute atomic E-state index is 0.0954. The van der Waals surface area contributed by atoms with Gasteiger partial charge in [-0.1, -0.05) is 66.2 Å². The molecular weight excluding hydrogens is 485 g/mol. The average Bonchev–Trinajstić information content (AvgIpc) is 3.01. The fraction of sp³-hybridized carbons (Fsp3) is 0.733. The maximum Gasteiger partial charge on any atom is 0.223 e. The molecule has 1 amide bonds. The number of allylic oxidation sites excluding steroid dienone is 4. The quantitative estimate of drug-likeness (QED) is 0.174. The molecule has 0 spiro atoms. The minimum Gasteiger partial charge on any atom is -0.369 e. The maximum absolute atomic E-state index is 13.6. The van der Waals surface area contributed by atoms with Gasteiger partial charge in [0.25, 0.3) is 0 Å². The second-order valence-electron chi connectivity index (χ2n) is 10.7. The number of carbonyl (C=O) groups excluding carboxylic acids is 2. The molecule has 2 fully saturated rings. The van der Waals surface area contributed by atoms with Crippen LogP contribution < -0.4 is 11.1 Å². The molecule has 7 heteroatoms.